The van der Waals surface area contributed by atoms with E-state index >= 15 is 13.2 Å². The van der Waals surface area contributed by atoms with E-state index in [4.69, 9.17) is 16.1 Å². The maximum atomic E-state index is 17.1. The predicted octanol–water partition coefficient (Wildman–Crippen LogP) is 5.99. The van der Waals surface area contributed by atoms with Gasteiger partial charge in [0.1, 0.15) is 46.8 Å². The molecule has 16 nitrogen and oxygen atoms in total. The van der Waals surface area contributed by atoms with E-state index in [-0.39, 0.29) is 75.8 Å². The van der Waals surface area contributed by atoms with Gasteiger partial charge in [0, 0.05) is 82.0 Å². The Morgan fingerprint density at radius 3 is 2.31 bits per heavy atom. The van der Waals surface area contributed by atoms with Gasteiger partial charge in [-0.1, -0.05) is 12.0 Å². The van der Waals surface area contributed by atoms with Crippen LogP contribution in [0.1, 0.15) is 75.8 Å². The van der Waals surface area contributed by atoms with Gasteiger partial charge in [-0.3, -0.25) is 33.9 Å². The molecule has 3 aromatic heterocycles. The molecule has 6 aromatic rings. The number of aromatic hydroxyl groups is 1. The first kappa shape index (κ1) is 48.2. The van der Waals surface area contributed by atoms with Crippen molar-refractivity contribution in [2.45, 2.75) is 82.3 Å². The summed E-state index contributed by atoms with van der Waals surface area (Å²) in [4.78, 5) is 61.1. The van der Waals surface area contributed by atoms with Crippen molar-refractivity contribution in [3.8, 4) is 35.4 Å². The van der Waals surface area contributed by atoms with Crippen LogP contribution in [-0.4, -0.2) is 135 Å². The van der Waals surface area contributed by atoms with Crippen molar-refractivity contribution in [2.24, 2.45) is 18.4 Å². The number of likely N-dealkylation sites (tertiary alicyclic amines) is 2. The summed E-state index contributed by atoms with van der Waals surface area (Å²) in [7, 11) is 1.52. The molecule has 0 saturated carbocycles. The smallest absolute Gasteiger partial charge is 0.329 e. The van der Waals surface area contributed by atoms with Crippen LogP contribution in [0.2, 0.25) is 0 Å². The number of aryl methyl sites for hydroxylation is 1. The minimum absolute atomic E-state index is 0.0220. The molecule has 6 fully saturated rings. The van der Waals surface area contributed by atoms with E-state index in [2.05, 4.69) is 46.1 Å². The number of fused-ring (bicyclic) bond motifs is 5. The minimum atomic E-state index is -0.868. The number of pyridine rings is 1. The van der Waals surface area contributed by atoms with Crippen molar-refractivity contribution in [3.63, 3.8) is 0 Å². The Hall–Kier alpha value is -6.75. The number of terminal acetylenes is 1. The van der Waals surface area contributed by atoms with Crippen LogP contribution in [0.15, 0.2) is 47.4 Å². The molecule has 386 valence electrons. The molecule has 0 aliphatic carbocycles. The molecular formula is C55H60F3N11O5. The number of amides is 2. The number of aromatic nitrogens is 5. The molecule has 3 atom stereocenters. The summed E-state index contributed by atoms with van der Waals surface area (Å²) in [6, 6.07) is 8.75. The molecule has 9 heterocycles. The van der Waals surface area contributed by atoms with Crippen molar-refractivity contribution in [3.05, 3.63) is 76.1 Å². The zero-order chi connectivity index (χ0) is 51.0. The number of halogens is 3. The van der Waals surface area contributed by atoms with Gasteiger partial charge in [0.25, 0.3) is 0 Å². The fraction of sp³-hybridized carbons (Fsp3) is 0.491. The number of piperazine rings is 1. The monoisotopic (exact) mass is 1010 g/mol. The first-order chi connectivity index (χ1) is 35.8. The summed E-state index contributed by atoms with van der Waals surface area (Å²) in [5, 5.41) is 17.8. The molecule has 74 heavy (non-hydrogen) atoms. The fourth-order valence-electron chi connectivity index (χ4n) is 13.1. The molecule has 3 N–H and O–H groups in total. The maximum absolute atomic E-state index is 17.1. The summed E-state index contributed by atoms with van der Waals surface area (Å²) in [5.41, 5.74) is 0.811. The number of nitrogens with one attached hydrogen (secondary N) is 2. The number of piperidine rings is 4. The Morgan fingerprint density at radius 1 is 0.865 bits per heavy atom. The Morgan fingerprint density at radius 2 is 1.59 bits per heavy atom. The molecule has 3 unspecified atom stereocenters. The number of phenolic OH excluding ortho intramolecular Hbond substituents is 1. The fourth-order valence-corrected chi connectivity index (χ4v) is 13.1. The quantitative estimate of drug-likeness (QED) is 0.108. The molecule has 1 spiro atoms. The topological polar surface area (TPSA) is 166 Å². The summed E-state index contributed by atoms with van der Waals surface area (Å²) in [5.74, 6) is 0.554. The third-order valence-electron chi connectivity index (χ3n) is 17.2. The molecule has 0 radical (unpaired) electrons. The molecule has 6 aliphatic heterocycles. The summed E-state index contributed by atoms with van der Waals surface area (Å²) < 4.78 is 57.3. The van der Waals surface area contributed by atoms with Gasteiger partial charge in [0.15, 0.2) is 11.6 Å². The number of hydrogen-bond donors (Lipinski definition) is 3. The maximum Gasteiger partial charge on any atom is 0.329 e. The molecule has 19 heteroatoms. The number of benzene rings is 3. The number of imide groups is 1. The molecule has 12 rings (SSSR count). The molecule has 3 aromatic carbocycles. The van der Waals surface area contributed by atoms with Crippen molar-refractivity contribution in [1.82, 2.24) is 44.5 Å². The van der Waals surface area contributed by atoms with Crippen molar-refractivity contribution < 1.29 is 32.6 Å². The van der Waals surface area contributed by atoms with Crippen LogP contribution in [0.4, 0.5) is 24.7 Å². The van der Waals surface area contributed by atoms with Gasteiger partial charge in [-0.25, -0.2) is 18.0 Å². The number of phenols is 1. The van der Waals surface area contributed by atoms with Crippen LogP contribution in [0, 0.1) is 41.1 Å². The zero-order valence-corrected chi connectivity index (χ0v) is 41.5. The average Bonchev–Trinajstić information content (AvgIpc) is 3.87. The normalized spacial score (nSPS) is 22.8. The Labute approximate surface area is 425 Å². The second-order valence-electron chi connectivity index (χ2n) is 21.6. The summed E-state index contributed by atoms with van der Waals surface area (Å²) >= 11 is 0. The lowest BCUT2D eigenvalue weighted by molar-refractivity contribution is -0.135. The number of rotatable bonds is 10. The van der Waals surface area contributed by atoms with Gasteiger partial charge in [-0.05, 0) is 131 Å². The average molecular weight is 1010 g/mol. The number of carbonyl (C=O) groups excluding carboxylic acids is 2. The first-order valence-corrected chi connectivity index (χ1v) is 26.2. The van der Waals surface area contributed by atoms with E-state index in [0.29, 0.717) is 78.5 Å². The molecule has 6 saturated heterocycles. The lowest BCUT2D eigenvalue weighted by atomic mass is 9.71. The lowest BCUT2D eigenvalue weighted by Gasteiger charge is -2.47. The molecule has 2 amide bonds. The van der Waals surface area contributed by atoms with Gasteiger partial charge in [-0.15, -0.1) is 6.42 Å². The first-order valence-electron chi connectivity index (χ1n) is 26.2. The van der Waals surface area contributed by atoms with E-state index < -0.39 is 35.1 Å². The van der Waals surface area contributed by atoms with Gasteiger partial charge in [0.05, 0.1) is 22.2 Å². The highest BCUT2D eigenvalue weighted by atomic mass is 19.1. The van der Waals surface area contributed by atoms with E-state index in [9.17, 15) is 19.5 Å². The van der Waals surface area contributed by atoms with Crippen LogP contribution < -0.4 is 30.9 Å². The summed E-state index contributed by atoms with van der Waals surface area (Å²) in [6.07, 6.45) is 16.1. The lowest BCUT2D eigenvalue weighted by Crippen LogP contribution is -2.51. The van der Waals surface area contributed by atoms with Crippen LogP contribution >= 0.6 is 0 Å². The second-order valence-corrected chi connectivity index (χ2v) is 21.6. The Bertz CT molecular complexity index is 3320. The van der Waals surface area contributed by atoms with Crippen molar-refractivity contribution in [2.75, 3.05) is 81.9 Å². The van der Waals surface area contributed by atoms with Gasteiger partial charge in [-0.2, -0.15) is 9.97 Å². The van der Waals surface area contributed by atoms with E-state index in [1.165, 1.54) is 40.4 Å². The highest BCUT2D eigenvalue weighted by molar-refractivity contribution is 6.03. The Balaban J connectivity index is 0.662. The largest absolute Gasteiger partial charge is 0.508 e. The third kappa shape index (κ3) is 8.67. The highest BCUT2D eigenvalue weighted by Gasteiger charge is 2.39. The number of nitrogens with zero attached hydrogens (tertiary/aromatic N) is 9. The van der Waals surface area contributed by atoms with Gasteiger partial charge < -0.3 is 29.9 Å². The van der Waals surface area contributed by atoms with Gasteiger partial charge >= 0.3 is 11.7 Å². The van der Waals surface area contributed by atoms with Crippen LogP contribution in [0.5, 0.6) is 11.8 Å². The van der Waals surface area contributed by atoms with Gasteiger partial charge in [0.2, 0.25) is 11.8 Å². The molecule has 6 aliphatic rings. The number of carbonyl (C=O) groups is 2. The number of hydrogen-bond acceptors (Lipinski definition) is 13. The summed E-state index contributed by atoms with van der Waals surface area (Å²) in [6.45, 7) is 8.84. The van der Waals surface area contributed by atoms with E-state index in [1.54, 1.807) is 18.3 Å². The minimum Gasteiger partial charge on any atom is -0.508 e. The zero-order valence-electron chi connectivity index (χ0n) is 41.5. The number of anilines is 2. The van der Waals surface area contributed by atoms with E-state index in [0.717, 1.165) is 84.1 Å². The number of ether oxygens (including phenoxy) is 1. The second kappa shape index (κ2) is 19.2. The van der Waals surface area contributed by atoms with Crippen LogP contribution in [0.3, 0.4) is 0 Å². The molecule has 2 bridgehead atoms. The number of imidazole rings is 1. The molecular weight excluding hydrogens is 952 g/mol. The van der Waals surface area contributed by atoms with Crippen molar-refractivity contribution in [1.29, 1.82) is 0 Å². The van der Waals surface area contributed by atoms with Crippen LogP contribution in [-0.2, 0) is 16.6 Å². The van der Waals surface area contributed by atoms with E-state index in [1.807, 2.05) is 0 Å². The third-order valence-corrected chi connectivity index (χ3v) is 17.2. The Kier molecular flexibility index (Phi) is 12.5. The SMILES string of the molecule is C#Cc1c(F)ccc2cc(O)cc(-c3ncc4c(N5CC6CCC(C5)N6)nc(OCCN5CCC6(CC5)CCN(CC5CCN(c7ccc8c(c7F)n(C)c(=O)n8C7CCC(=O)NC7=O)CC5)CC6)nc4c3F)c12. The standard InChI is InChI=1S/C55H60F3N11O5/c1-3-37-40(56)7-4-33-26-36(70)27-38(45(33)37)48-47(58)49-39(28-59-48)51(68-30-34-5-6-35(31-68)60-34)63-53(62-49)74-25-24-65-20-14-55(15-21-65)16-22-66(23-17-55)29-32-12-18-67(19-13-32)41-8-9-42-50(46(41)57)64(2)54(73)69(42)43-10-11-44(71)61-52(43)72/h1,4,7-9,26-28,32,34-35,43,60,70H,5-6,10-25,29-31H2,2H3,(H,61,71,72). The predicted molar refractivity (Wildman–Crippen MR) is 275 cm³/mol. The highest BCUT2D eigenvalue weighted by Crippen LogP contribution is 2.43. The van der Waals surface area contributed by atoms with Crippen LogP contribution in [0.25, 0.3) is 44.0 Å². The van der Waals surface area contributed by atoms with Crippen molar-refractivity contribution >= 4 is 56.0 Å².